The van der Waals surface area contributed by atoms with Crippen molar-refractivity contribution in [2.24, 2.45) is 0 Å². The van der Waals surface area contributed by atoms with Gasteiger partial charge in [-0.05, 0) is 25.7 Å². The lowest BCUT2D eigenvalue weighted by Crippen LogP contribution is -2.13. The van der Waals surface area contributed by atoms with Crippen LogP contribution in [0.3, 0.4) is 0 Å². The molecule has 0 N–H and O–H groups in total. The fraction of sp³-hybridized carbons (Fsp3) is 0.765. The van der Waals surface area contributed by atoms with Gasteiger partial charge in [0.05, 0.1) is 0 Å². The molecule has 0 saturated heterocycles. The average Bonchev–Trinajstić information content (AvgIpc) is 2.55. The molecule has 0 aliphatic rings. The summed E-state index contributed by atoms with van der Waals surface area (Å²) < 4.78 is 18.9. The smallest absolute Gasteiger partial charge is 0.308 e. The summed E-state index contributed by atoms with van der Waals surface area (Å²) in [4.78, 5) is 44.9. The third-order valence-electron chi connectivity index (χ3n) is 3.05. The second-order valence-electron chi connectivity index (χ2n) is 5.36. The van der Waals surface area contributed by atoms with Gasteiger partial charge in [0.25, 0.3) is 0 Å². The minimum atomic E-state index is -0.449. The molecule has 0 aromatic heterocycles. The maximum atomic E-state index is 11.4. The molecular weight excluding hydrogens is 332 g/mol. The van der Waals surface area contributed by atoms with Crippen molar-refractivity contribution in [1.82, 2.24) is 0 Å². The van der Waals surface area contributed by atoms with Gasteiger partial charge < -0.3 is 18.9 Å². The quantitative estimate of drug-likeness (QED) is 0.264. The SMILES string of the molecule is CCCC(=O)OCOC(=O)CCCCCC(=O)OCOC(=O)CCC. The number of esters is 4. The van der Waals surface area contributed by atoms with Crippen molar-refractivity contribution in [1.29, 1.82) is 0 Å². The molecule has 0 rings (SSSR count). The number of hydrogen-bond acceptors (Lipinski definition) is 8. The molecule has 0 spiro atoms. The largest absolute Gasteiger partial charge is 0.428 e. The summed E-state index contributed by atoms with van der Waals surface area (Å²) in [6, 6.07) is 0. The molecule has 0 aliphatic heterocycles. The fourth-order valence-electron chi connectivity index (χ4n) is 1.73. The molecule has 0 bridgehead atoms. The highest BCUT2D eigenvalue weighted by molar-refractivity contribution is 5.71. The van der Waals surface area contributed by atoms with E-state index in [9.17, 15) is 19.2 Å². The maximum absolute atomic E-state index is 11.4. The number of unbranched alkanes of at least 4 members (excludes halogenated alkanes) is 2. The van der Waals surface area contributed by atoms with Crippen LogP contribution in [0.4, 0.5) is 0 Å². The zero-order chi connectivity index (χ0) is 18.9. The molecule has 0 fully saturated rings. The summed E-state index contributed by atoms with van der Waals surface area (Å²) in [5.41, 5.74) is 0. The summed E-state index contributed by atoms with van der Waals surface area (Å²) >= 11 is 0. The van der Waals surface area contributed by atoms with E-state index in [0.29, 0.717) is 44.9 Å². The molecule has 0 radical (unpaired) electrons. The summed E-state index contributed by atoms with van der Waals surface area (Å²) in [6.45, 7) is 2.98. The zero-order valence-corrected chi connectivity index (χ0v) is 15.0. The summed E-state index contributed by atoms with van der Waals surface area (Å²) in [5, 5.41) is 0. The molecule has 8 nitrogen and oxygen atoms in total. The Bertz CT molecular complexity index is 381. The Morgan fingerprint density at radius 1 is 0.520 bits per heavy atom. The van der Waals surface area contributed by atoms with Gasteiger partial charge in [-0.25, -0.2) is 0 Å². The predicted octanol–water partition coefficient (Wildman–Crippen LogP) is 2.62. The summed E-state index contributed by atoms with van der Waals surface area (Å²) in [7, 11) is 0. The number of carbonyl (C=O) groups is 4. The Kier molecular flexibility index (Phi) is 14.1. The Labute approximate surface area is 148 Å². The van der Waals surface area contributed by atoms with E-state index in [1.807, 2.05) is 13.8 Å². The number of hydrogen-bond donors (Lipinski definition) is 0. The minimum Gasteiger partial charge on any atom is -0.428 e. The van der Waals surface area contributed by atoms with Crippen molar-refractivity contribution in [3.05, 3.63) is 0 Å². The van der Waals surface area contributed by atoms with Crippen molar-refractivity contribution < 1.29 is 38.1 Å². The topological polar surface area (TPSA) is 105 Å². The van der Waals surface area contributed by atoms with Crippen molar-refractivity contribution >= 4 is 23.9 Å². The fourth-order valence-corrected chi connectivity index (χ4v) is 1.73. The van der Waals surface area contributed by atoms with Gasteiger partial charge in [0.15, 0.2) is 0 Å². The lowest BCUT2D eigenvalue weighted by Gasteiger charge is -2.06. The monoisotopic (exact) mass is 360 g/mol. The first-order valence-electron chi connectivity index (χ1n) is 8.62. The van der Waals surface area contributed by atoms with Crippen LogP contribution in [0.2, 0.25) is 0 Å². The van der Waals surface area contributed by atoms with E-state index in [1.54, 1.807) is 0 Å². The molecule has 8 heteroatoms. The minimum absolute atomic E-state index is 0.189. The van der Waals surface area contributed by atoms with Crippen LogP contribution in [0.5, 0.6) is 0 Å². The molecule has 0 amide bonds. The third-order valence-corrected chi connectivity index (χ3v) is 3.05. The lowest BCUT2D eigenvalue weighted by atomic mass is 10.1. The van der Waals surface area contributed by atoms with E-state index in [4.69, 9.17) is 18.9 Å². The third kappa shape index (κ3) is 15.2. The zero-order valence-electron chi connectivity index (χ0n) is 15.0. The maximum Gasteiger partial charge on any atom is 0.308 e. The van der Waals surface area contributed by atoms with E-state index in [-0.39, 0.29) is 26.4 Å². The summed E-state index contributed by atoms with van der Waals surface area (Å²) in [6.07, 6.45) is 4.09. The second kappa shape index (κ2) is 15.4. The molecule has 0 aromatic carbocycles. The van der Waals surface area contributed by atoms with Crippen LogP contribution in [0.1, 0.15) is 71.6 Å². The van der Waals surface area contributed by atoms with E-state index in [0.717, 1.165) is 0 Å². The first-order valence-corrected chi connectivity index (χ1v) is 8.62. The molecule has 25 heavy (non-hydrogen) atoms. The summed E-state index contributed by atoms with van der Waals surface area (Å²) in [5.74, 6) is -1.69. The number of carbonyl (C=O) groups excluding carboxylic acids is 4. The van der Waals surface area contributed by atoms with Gasteiger partial charge >= 0.3 is 23.9 Å². The van der Waals surface area contributed by atoms with Gasteiger partial charge in [0, 0.05) is 25.7 Å². The Hall–Kier alpha value is -2.12. The standard InChI is InChI=1S/C17H28O8/c1-3-8-14(18)22-12-24-16(20)10-6-5-7-11-17(21)25-13-23-15(19)9-4-2/h3-13H2,1-2H3. The van der Waals surface area contributed by atoms with Crippen LogP contribution in [-0.4, -0.2) is 37.5 Å². The van der Waals surface area contributed by atoms with Crippen molar-refractivity contribution in [3.8, 4) is 0 Å². The van der Waals surface area contributed by atoms with Crippen LogP contribution in [0.25, 0.3) is 0 Å². The van der Waals surface area contributed by atoms with Crippen LogP contribution in [0.15, 0.2) is 0 Å². The number of ether oxygens (including phenoxy) is 4. The van der Waals surface area contributed by atoms with E-state index >= 15 is 0 Å². The average molecular weight is 360 g/mol. The normalized spacial score (nSPS) is 10.0. The Morgan fingerprint density at radius 2 is 0.840 bits per heavy atom. The molecule has 144 valence electrons. The highest BCUT2D eigenvalue weighted by Gasteiger charge is 2.08. The first-order chi connectivity index (χ1) is 12.0. The van der Waals surface area contributed by atoms with Crippen LogP contribution < -0.4 is 0 Å². The highest BCUT2D eigenvalue weighted by Crippen LogP contribution is 2.05. The second-order valence-corrected chi connectivity index (χ2v) is 5.36. The molecule has 0 aliphatic carbocycles. The van der Waals surface area contributed by atoms with E-state index < -0.39 is 23.9 Å². The van der Waals surface area contributed by atoms with Gasteiger partial charge in [-0.15, -0.1) is 0 Å². The van der Waals surface area contributed by atoms with Crippen molar-refractivity contribution in [2.45, 2.75) is 71.6 Å². The van der Waals surface area contributed by atoms with Crippen molar-refractivity contribution in [2.75, 3.05) is 13.6 Å². The molecule has 0 saturated carbocycles. The van der Waals surface area contributed by atoms with Crippen LogP contribution in [0, 0.1) is 0 Å². The van der Waals surface area contributed by atoms with Gasteiger partial charge in [0.1, 0.15) is 0 Å². The van der Waals surface area contributed by atoms with Crippen molar-refractivity contribution in [3.63, 3.8) is 0 Å². The Morgan fingerprint density at radius 3 is 1.16 bits per heavy atom. The van der Waals surface area contributed by atoms with Gasteiger partial charge in [-0.1, -0.05) is 20.3 Å². The van der Waals surface area contributed by atoms with E-state index in [2.05, 4.69) is 0 Å². The molecule has 0 unspecified atom stereocenters. The predicted molar refractivity (Wildman–Crippen MR) is 87.0 cm³/mol. The molecule has 0 aromatic rings. The molecule has 0 heterocycles. The Balaban J connectivity index is 3.49. The van der Waals surface area contributed by atoms with Gasteiger partial charge in [0.2, 0.25) is 13.6 Å². The van der Waals surface area contributed by atoms with Gasteiger partial charge in [-0.2, -0.15) is 0 Å². The highest BCUT2D eigenvalue weighted by atomic mass is 16.7. The van der Waals surface area contributed by atoms with E-state index in [1.165, 1.54) is 0 Å². The van der Waals surface area contributed by atoms with Crippen LogP contribution in [-0.2, 0) is 38.1 Å². The number of rotatable bonds is 14. The first kappa shape index (κ1) is 22.9. The van der Waals surface area contributed by atoms with Gasteiger partial charge in [-0.3, -0.25) is 19.2 Å². The lowest BCUT2D eigenvalue weighted by molar-refractivity contribution is -0.168. The molecule has 0 atom stereocenters. The van der Waals surface area contributed by atoms with Crippen LogP contribution >= 0.6 is 0 Å². The molecular formula is C17H28O8.